The SMILES string of the molecule is [Fe].[Mn].[Mn].[Mn].[Mn]. The quantitative estimate of drug-likeness (QED) is 0.546. The summed E-state index contributed by atoms with van der Waals surface area (Å²) in [6, 6.07) is 0. The molecule has 0 spiro atoms. The second kappa shape index (κ2) is 30.6. The average Bonchev–Trinajstić information content (AvgIpc) is 0. The maximum atomic E-state index is 0. The molecule has 0 bridgehead atoms. The fourth-order valence-electron chi connectivity index (χ4n) is 0. The molecule has 0 nitrogen and oxygen atoms in total. The van der Waals surface area contributed by atoms with Crippen molar-refractivity contribution in [2.24, 2.45) is 0 Å². The Morgan fingerprint density at radius 2 is 0.400 bits per heavy atom. The molecule has 0 unspecified atom stereocenters. The van der Waals surface area contributed by atoms with E-state index in [0.29, 0.717) is 0 Å². The van der Waals surface area contributed by atoms with Crippen LogP contribution in [0.4, 0.5) is 0 Å². The Bertz CT molecular complexity index is 3.61. The van der Waals surface area contributed by atoms with E-state index in [1.807, 2.05) is 0 Å². The molecule has 0 aromatic carbocycles. The van der Waals surface area contributed by atoms with E-state index in [-0.39, 0.29) is 85.3 Å². The molecule has 0 saturated heterocycles. The summed E-state index contributed by atoms with van der Waals surface area (Å²) in [5, 5.41) is 0. The van der Waals surface area contributed by atoms with E-state index in [1.54, 1.807) is 0 Å². The maximum Gasteiger partial charge on any atom is 0 e. The Morgan fingerprint density at radius 1 is 0.400 bits per heavy atom. The van der Waals surface area contributed by atoms with Crippen molar-refractivity contribution in [3.05, 3.63) is 0 Å². The van der Waals surface area contributed by atoms with E-state index < -0.39 is 0 Å². The van der Waals surface area contributed by atoms with Gasteiger partial charge in [-0.1, -0.05) is 0 Å². The van der Waals surface area contributed by atoms with Crippen LogP contribution in [0.2, 0.25) is 0 Å². The summed E-state index contributed by atoms with van der Waals surface area (Å²) < 4.78 is 0. The van der Waals surface area contributed by atoms with E-state index in [9.17, 15) is 0 Å². The molecule has 5 heavy (non-hydrogen) atoms. The van der Waals surface area contributed by atoms with Gasteiger partial charge in [-0.3, -0.25) is 0 Å². The molecule has 0 fully saturated rings. The van der Waals surface area contributed by atoms with Crippen LogP contribution in [0.3, 0.4) is 0 Å². The van der Waals surface area contributed by atoms with Crippen LogP contribution in [0.1, 0.15) is 0 Å². The fourth-order valence-corrected chi connectivity index (χ4v) is 0. The van der Waals surface area contributed by atoms with Crippen LogP contribution in [-0.4, -0.2) is 0 Å². The largest absolute Gasteiger partial charge is 0 e. The topological polar surface area (TPSA) is 0 Å². The molecule has 0 aliphatic carbocycles. The van der Waals surface area contributed by atoms with Crippen LogP contribution in [-0.2, 0) is 85.3 Å². The third-order valence-corrected chi connectivity index (χ3v) is 0. The van der Waals surface area contributed by atoms with Gasteiger partial charge >= 0.3 is 0 Å². The van der Waals surface area contributed by atoms with E-state index in [0.717, 1.165) is 0 Å². The molecule has 0 aliphatic heterocycles. The Morgan fingerprint density at radius 3 is 0.400 bits per heavy atom. The van der Waals surface area contributed by atoms with Crippen molar-refractivity contribution in [2.45, 2.75) is 0 Å². The third kappa shape index (κ3) is 20.7. The first-order chi connectivity index (χ1) is 0. The zero-order chi connectivity index (χ0) is 0. The predicted octanol–water partition coefficient (Wildman–Crippen LogP) is -0.0125. The maximum absolute atomic E-state index is 0. The van der Waals surface area contributed by atoms with Gasteiger partial charge in [0.1, 0.15) is 0 Å². The minimum Gasteiger partial charge on any atom is 0 e. The molecule has 0 amide bonds. The summed E-state index contributed by atoms with van der Waals surface area (Å²) >= 11 is 0. The average molecular weight is 276 g/mol. The predicted molar refractivity (Wildman–Crippen MR) is 0 cm³/mol. The van der Waals surface area contributed by atoms with Crippen molar-refractivity contribution in [3.63, 3.8) is 0 Å². The summed E-state index contributed by atoms with van der Waals surface area (Å²) in [5.74, 6) is 0. The van der Waals surface area contributed by atoms with Gasteiger partial charge in [-0.05, 0) is 0 Å². The first-order valence-corrected chi connectivity index (χ1v) is 0. The molecule has 4 radical (unpaired) electrons. The number of rotatable bonds is 0. The molecular formula is FeMn4. The molecule has 0 aromatic heterocycles. The minimum absolute atomic E-state index is 0. The Labute approximate surface area is 84.3 Å². The summed E-state index contributed by atoms with van der Waals surface area (Å²) in [4.78, 5) is 0. The van der Waals surface area contributed by atoms with Crippen molar-refractivity contribution >= 4 is 0 Å². The van der Waals surface area contributed by atoms with Crippen molar-refractivity contribution in [3.8, 4) is 0 Å². The number of hydrogen-bond acceptors (Lipinski definition) is 0. The molecule has 0 atom stereocenters. The van der Waals surface area contributed by atoms with Gasteiger partial charge in [0.05, 0.1) is 0 Å². The zero-order valence-electron chi connectivity index (χ0n) is 1.87. The second-order valence-electron chi connectivity index (χ2n) is 0. The minimum atomic E-state index is 0. The van der Waals surface area contributed by atoms with Crippen molar-refractivity contribution in [1.82, 2.24) is 0 Å². The molecular weight excluding hydrogens is 276 g/mol. The van der Waals surface area contributed by atoms with Crippen molar-refractivity contribution in [1.29, 1.82) is 0 Å². The molecule has 0 heterocycles. The Kier molecular flexibility index (Phi) is 300. The van der Waals surface area contributed by atoms with Crippen LogP contribution in [0.25, 0.3) is 0 Å². The Balaban J connectivity index is 0. The summed E-state index contributed by atoms with van der Waals surface area (Å²) in [6.45, 7) is 0. The van der Waals surface area contributed by atoms with Gasteiger partial charge in [-0.15, -0.1) is 0 Å². The van der Waals surface area contributed by atoms with Gasteiger partial charge in [-0.2, -0.15) is 0 Å². The summed E-state index contributed by atoms with van der Waals surface area (Å²) in [7, 11) is 0. The van der Waals surface area contributed by atoms with Gasteiger partial charge in [0, 0.05) is 85.3 Å². The van der Waals surface area contributed by atoms with Gasteiger partial charge < -0.3 is 0 Å². The molecule has 0 aromatic rings. The Hall–Kier alpha value is 2.60. The smallest absolute Gasteiger partial charge is 0 e. The molecule has 0 rings (SSSR count). The molecule has 36 valence electrons. The van der Waals surface area contributed by atoms with Gasteiger partial charge in [0.15, 0.2) is 0 Å². The van der Waals surface area contributed by atoms with Crippen LogP contribution in [0, 0.1) is 0 Å². The molecule has 0 saturated carbocycles. The first kappa shape index (κ1) is 49.0. The monoisotopic (exact) mass is 276 g/mol. The third-order valence-electron chi connectivity index (χ3n) is 0. The van der Waals surface area contributed by atoms with Crippen LogP contribution in [0.15, 0.2) is 0 Å². The van der Waals surface area contributed by atoms with E-state index in [2.05, 4.69) is 0 Å². The van der Waals surface area contributed by atoms with Crippen molar-refractivity contribution < 1.29 is 85.3 Å². The fraction of sp³-hybridized carbons (Fsp3) is 0. The van der Waals surface area contributed by atoms with Gasteiger partial charge in [-0.25, -0.2) is 0 Å². The molecule has 5 heteroatoms. The van der Waals surface area contributed by atoms with Crippen molar-refractivity contribution in [2.75, 3.05) is 0 Å². The molecule has 0 aliphatic rings. The standard InChI is InChI=1S/Fe.4Mn. The summed E-state index contributed by atoms with van der Waals surface area (Å²) in [6.07, 6.45) is 0. The first-order valence-electron chi connectivity index (χ1n) is 0. The zero-order valence-corrected chi connectivity index (χ0v) is 7.69. The van der Waals surface area contributed by atoms with E-state index in [1.165, 1.54) is 0 Å². The van der Waals surface area contributed by atoms with E-state index in [4.69, 9.17) is 0 Å². The van der Waals surface area contributed by atoms with E-state index >= 15 is 0 Å². The number of hydrogen-bond donors (Lipinski definition) is 0. The normalized spacial score (nSPS) is 0. The van der Waals surface area contributed by atoms with Gasteiger partial charge in [0.25, 0.3) is 0 Å². The second-order valence-corrected chi connectivity index (χ2v) is 0. The van der Waals surface area contributed by atoms with Crippen LogP contribution < -0.4 is 0 Å². The van der Waals surface area contributed by atoms with Crippen LogP contribution >= 0.6 is 0 Å². The summed E-state index contributed by atoms with van der Waals surface area (Å²) in [5.41, 5.74) is 0. The van der Waals surface area contributed by atoms with Crippen LogP contribution in [0.5, 0.6) is 0 Å². The van der Waals surface area contributed by atoms with Gasteiger partial charge in [0.2, 0.25) is 0 Å². The molecule has 0 N–H and O–H groups in total.